The number of nitrogens with one attached hydrogen (secondary N) is 2. The lowest BCUT2D eigenvalue weighted by atomic mass is 9.76. The minimum atomic E-state index is -3.64. The van der Waals surface area contributed by atoms with E-state index in [9.17, 15) is 13.2 Å². The summed E-state index contributed by atoms with van der Waals surface area (Å²) in [6.07, 6.45) is 2.03. The van der Waals surface area contributed by atoms with Crippen molar-refractivity contribution < 1.29 is 17.9 Å². The van der Waals surface area contributed by atoms with Gasteiger partial charge in [-0.05, 0) is 49.8 Å². The number of nitrogens with zero attached hydrogens (tertiary/aromatic N) is 1. The predicted molar refractivity (Wildman–Crippen MR) is 121 cm³/mol. The zero-order valence-corrected chi connectivity index (χ0v) is 19.7. The van der Waals surface area contributed by atoms with Gasteiger partial charge in [-0.1, -0.05) is 13.8 Å². The number of H-pyrrole nitrogens is 1. The number of ether oxygens (including phenoxy) is 1. The third-order valence-electron chi connectivity index (χ3n) is 6.56. The molecule has 1 aromatic carbocycles. The number of Topliss-reactive ketones (excluding diaryl/α,β-unsaturated/α-hetero) is 1. The molecular formula is C23H33N3O4S. The molecule has 1 aliphatic carbocycles. The summed E-state index contributed by atoms with van der Waals surface area (Å²) in [7, 11) is -3.64. The summed E-state index contributed by atoms with van der Waals surface area (Å²) in [5.41, 5.74) is 2.92. The Balaban J connectivity index is 1.53. The van der Waals surface area contributed by atoms with Crippen molar-refractivity contribution in [3.05, 3.63) is 29.0 Å². The Morgan fingerprint density at radius 3 is 2.65 bits per heavy atom. The number of sulfonamides is 1. The number of ketones is 1. The molecule has 2 heterocycles. The lowest BCUT2D eigenvalue weighted by Gasteiger charge is -2.32. The summed E-state index contributed by atoms with van der Waals surface area (Å²) in [5.74, 6) is 0.128. The Hall–Kier alpha value is -1.74. The largest absolute Gasteiger partial charge is 0.379 e. The molecule has 1 atom stereocenters. The van der Waals surface area contributed by atoms with Crippen LogP contribution in [0.5, 0.6) is 0 Å². The molecule has 7 nitrogen and oxygen atoms in total. The van der Waals surface area contributed by atoms with Crippen molar-refractivity contribution in [3.8, 4) is 0 Å². The van der Waals surface area contributed by atoms with Crippen molar-refractivity contribution in [2.75, 3.05) is 32.8 Å². The molecular weight excluding hydrogens is 414 g/mol. The van der Waals surface area contributed by atoms with Crippen molar-refractivity contribution in [2.45, 2.75) is 57.9 Å². The molecule has 4 rings (SSSR count). The second-order valence-corrected chi connectivity index (χ2v) is 11.5. The molecule has 1 aliphatic heterocycles. The number of fused-ring (bicyclic) bond motifs is 3. The first-order valence-electron chi connectivity index (χ1n) is 11.1. The molecule has 31 heavy (non-hydrogen) atoms. The van der Waals surface area contributed by atoms with E-state index in [0.717, 1.165) is 55.8 Å². The number of carbonyl (C=O) groups is 1. The fraction of sp³-hybridized carbons (Fsp3) is 0.609. The smallest absolute Gasteiger partial charge is 0.240 e. The van der Waals surface area contributed by atoms with Crippen molar-refractivity contribution >= 4 is 26.7 Å². The number of rotatable bonds is 6. The monoisotopic (exact) mass is 447 g/mol. The van der Waals surface area contributed by atoms with E-state index in [0.29, 0.717) is 30.1 Å². The van der Waals surface area contributed by atoms with Crippen molar-refractivity contribution in [1.29, 1.82) is 0 Å². The number of aryl methyl sites for hydroxylation is 1. The molecule has 1 saturated heterocycles. The fourth-order valence-electron chi connectivity index (χ4n) is 4.87. The van der Waals surface area contributed by atoms with E-state index in [-0.39, 0.29) is 16.1 Å². The topological polar surface area (TPSA) is 91.5 Å². The summed E-state index contributed by atoms with van der Waals surface area (Å²) in [6.45, 7) is 11.7. The first-order valence-corrected chi connectivity index (χ1v) is 12.6. The van der Waals surface area contributed by atoms with E-state index in [1.165, 1.54) is 0 Å². The van der Waals surface area contributed by atoms with Gasteiger partial charge in [0.1, 0.15) is 0 Å². The minimum Gasteiger partial charge on any atom is -0.379 e. The van der Waals surface area contributed by atoms with Crippen LogP contribution in [-0.4, -0.2) is 63.0 Å². The van der Waals surface area contributed by atoms with Crippen LogP contribution >= 0.6 is 0 Å². The lowest BCUT2D eigenvalue weighted by Crippen LogP contribution is -2.43. The van der Waals surface area contributed by atoms with Crippen molar-refractivity contribution in [2.24, 2.45) is 5.41 Å². The van der Waals surface area contributed by atoms with Crippen LogP contribution in [0.25, 0.3) is 10.9 Å². The van der Waals surface area contributed by atoms with Gasteiger partial charge in [0.15, 0.2) is 5.78 Å². The number of aromatic amines is 1. The molecule has 0 amide bonds. The maximum Gasteiger partial charge on any atom is 0.240 e. The number of benzene rings is 1. The standard InChI is InChI=1S/C23H33N3O4S/c1-15-11-17-18(25-19-13-23(3,4)14-20(27)22(17)19)12-21(15)31(28,29)24-6-5-16(2)26-7-9-30-10-8-26/h11-12,16,24-25H,5-10,13-14H2,1-4H3/t16-/m0/s1. The van der Waals surface area contributed by atoms with E-state index in [1.54, 1.807) is 13.0 Å². The highest BCUT2D eigenvalue weighted by molar-refractivity contribution is 7.89. The molecule has 0 spiro atoms. The number of aromatic nitrogens is 1. The zero-order chi connectivity index (χ0) is 22.4. The SMILES string of the molecule is Cc1cc2c3c([nH]c2cc1S(=O)(=O)NCC[C@H](C)N1CCOCC1)CC(C)(C)CC3=O. The van der Waals surface area contributed by atoms with Gasteiger partial charge in [0.05, 0.1) is 18.1 Å². The molecule has 2 aliphatic rings. The third-order valence-corrected chi connectivity index (χ3v) is 8.16. The van der Waals surface area contributed by atoms with Crippen LogP contribution in [0.4, 0.5) is 0 Å². The summed E-state index contributed by atoms with van der Waals surface area (Å²) in [4.78, 5) is 18.7. The Kier molecular flexibility index (Phi) is 6.02. The van der Waals surface area contributed by atoms with E-state index >= 15 is 0 Å². The van der Waals surface area contributed by atoms with Gasteiger partial charge in [-0.3, -0.25) is 9.69 Å². The molecule has 0 bridgehead atoms. The van der Waals surface area contributed by atoms with Crippen molar-refractivity contribution in [3.63, 3.8) is 0 Å². The molecule has 0 saturated carbocycles. The Bertz CT molecular complexity index is 1100. The molecule has 170 valence electrons. The molecule has 1 aromatic heterocycles. The Morgan fingerprint density at radius 2 is 1.94 bits per heavy atom. The van der Waals surface area contributed by atoms with Gasteiger partial charge < -0.3 is 9.72 Å². The van der Waals surface area contributed by atoms with Gasteiger partial charge in [-0.15, -0.1) is 0 Å². The molecule has 1 fully saturated rings. The van der Waals surface area contributed by atoms with Crippen LogP contribution in [0.2, 0.25) is 0 Å². The quantitative estimate of drug-likeness (QED) is 0.710. The number of morpholine rings is 1. The van der Waals surface area contributed by atoms with Crippen LogP contribution in [0, 0.1) is 12.3 Å². The van der Waals surface area contributed by atoms with E-state index < -0.39 is 10.0 Å². The lowest BCUT2D eigenvalue weighted by molar-refractivity contribution is 0.0190. The summed E-state index contributed by atoms with van der Waals surface area (Å²) < 4.78 is 34.2. The highest BCUT2D eigenvalue weighted by Gasteiger charge is 2.34. The average molecular weight is 448 g/mol. The first kappa shape index (κ1) is 22.5. The van der Waals surface area contributed by atoms with Crippen LogP contribution in [0.15, 0.2) is 17.0 Å². The van der Waals surface area contributed by atoms with E-state index in [4.69, 9.17) is 4.74 Å². The molecule has 8 heteroatoms. The molecule has 0 unspecified atom stereocenters. The summed E-state index contributed by atoms with van der Waals surface area (Å²) in [5, 5.41) is 0.827. The average Bonchev–Trinajstić information content (AvgIpc) is 3.03. The van der Waals surface area contributed by atoms with Gasteiger partial charge >= 0.3 is 0 Å². The summed E-state index contributed by atoms with van der Waals surface area (Å²) >= 11 is 0. The number of hydrogen-bond donors (Lipinski definition) is 2. The second kappa shape index (κ2) is 8.31. The first-order chi connectivity index (χ1) is 14.6. The van der Waals surface area contributed by atoms with Gasteiger partial charge in [0.2, 0.25) is 10.0 Å². The van der Waals surface area contributed by atoms with Gasteiger partial charge in [-0.25, -0.2) is 13.1 Å². The number of hydrogen-bond acceptors (Lipinski definition) is 5. The highest BCUT2D eigenvalue weighted by atomic mass is 32.2. The molecule has 2 N–H and O–H groups in total. The van der Waals surface area contributed by atoms with Crippen LogP contribution in [0.3, 0.4) is 0 Å². The van der Waals surface area contributed by atoms with Gasteiger partial charge in [-0.2, -0.15) is 0 Å². The van der Waals surface area contributed by atoms with Crippen LogP contribution in [0.1, 0.15) is 55.2 Å². The minimum absolute atomic E-state index is 0.0896. The maximum atomic E-state index is 13.0. The highest BCUT2D eigenvalue weighted by Crippen LogP contribution is 2.38. The third kappa shape index (κ3) is 4.58. The molecule has 2 aromatic rings. The predicted octanol–water partition coefficient (Wildman–Crippen LogP) is 3.02. The summed E-state index contributed by atoms with van der Waals surface area (Å²) in [6, 6.07) is 3.81. The second-order valence-electron chi connectivity index (χ2n) is 9.77. The fourth-order valence-corrected chi connectivity index (χ4v) is 6.17. The van der Waals surface area contributed by atoms with Gasteiger partial charge in [0.25, 0.3) is 0 Å². The van der Waals surface area contributed by atoms with Crippen molar-refractivity contribution in [1.82, 2.24) is 14.6 Å². The normalized spacial score (nSPS) is 20.7. The van der Waals surface area contributed by atoms with E-state index in [2.05, 4.69) is 35.4 Å². The Morgan fingerprint density at radius 1 is 1.23 bits per heavy atom. The number of carbonyl (C=O) groups excluding carboxylic acids is 1. The maximum absolute atomic E-state index is 13.0. The Labute approximate surface area is 184 Å². The van der Waals surface area contributed by atoms with Gasteiger partial charge in [0, 0.05) is 54.3 Å². The van der Waals surface area contributed by atoms with E-state index in [1.807, 2.05) is 6.07 Å². The zero-order valence-electron chi connectivity index (χ0n) is 18.9. The van der Waals surface area contributed by atoms with Crippen LogP contribution in [-0.2, 0) is 21.2 Å². The van der Waals surface area contributed by atoms with Crippen LogP contribution < -0.4 is 4.72 Å². The molecule has 0 radical (unpaired) electrons.